The standard InChI is InChI=1S/C23H45NO3S.Na.H/c1-3-4-5-6-7-8-9-10-11-12-13-14-15-16-17-18-22(25)27-23(26)21(24)19-20-28-2;;/h21H,3-20,24H2,1-2H3;;. The second kappa shape index (κ2) is 24.7. The molecule has 0 rings (SSSR count). The average molecular weight is 440 g/mol. The Kier molecular flexibility index (Phi) is 27.0. The van der Waals surface area contributed by atoms with Gasteiger partial charge in [-0.1, -0.05) is 96.8 Å². The van der Waals surface area contributed by atoms with E-state index in [0.29, 0.717) is 12.8 Å². The van der Waals surface area contributed by atoms with Crippen molar-refractivity contribution < 1.29 is 14.3 Å². The first-order chi connectivity index (χ1) is 13.6. The molecule has 1 atom stereocenters. The van der Waals surface area contributed by atoms with Crippen LogP contribution in [0.2, 0.25) is 0 Å². The second-order valence-electron chi connectivity index (χ2n) is 7.88. The van der Waals surface area contributed by atoms with E-state index < -0.39 is 18.0 Å². The number of ether oxygens (including phenoxy) is 1. The molecule has 168 valence electrons. The first-order valence-corrected chi connectivity index (χ1v) is 13.0. The predicted octanol–water partition coefficient (Wildman–Crippen LogP) is 5.75. The van der Waals surface area contributed by atoms with E-state index in [4.69, 9.17) is 10.5 Å². The molecule has 0 fully saturated rings. The van der Waals surface area contributed by atoms with Gasteiger partial charge in [0.25, 0.3) is 0 Å². The second-order valence-corrected chi connectivity index (χ2v) is 8.87. The molecule has 0 amide bonds. The van der Waals surface area contributed by atoms with Gasteiger partial charge in [0.15, 0.2) is 0 Å². The first kappa shape index (κ1) is 31.6. The van der Waals surface area contributed by atoms with Crippen molar-refractivity contribution in [2.45, 2.75) is 122 Å². The topological polar surface area (TPSA) is 69.4 Å². The number of thioether (sulfide) groups is 1. The molecule has 0 aliphatic rings. The number of carbonyl (C=O) groups excluding carboxylic acids is 2. The Labute approximate surface area is 206 Å². The molecule has 29 heavy (non-hydrogen) atoms. The van der Waals surface area contributed by atoms with Gasteiger partial charge in [-0.05, 0) is 24.9 Å². The fraction of sp³-hybridized carbons (Fsp3) is 0.913. The average Bonchev–Trinajstić information content (AvgIpc) is 2.68. The van der Waals surface area contributed by atoms with Gasteiger partial charge in [0.05, 0.1) is 0 Å². The third kappa shape index (κ3) is 22.9. The summed E-state index contributed by atoms with van der Waals surface area (Å²) >= 11 is 1.63. The molecule has 0 aliphatic carbocycles. The number of esters is 2. The molecular formula is C23H46NNaO3S. The Bertz CT molecular complexity index is 383. The molecule has 6 heteroatoms. The molecule has 2 N–H and O–H groups in total. The van der Waals surface area contributed by atoms with Crippen molar-refractivity contribution in [1.82, 2.24) is 0 Å². The van der Waals surface area contributed by atoms with E-state index >= 15 is 0 Å². The van der Waals surface area contributed by atoms with Crippen LogP contribution in [0.1, 0.15) is 116 Å². The van der Waals surface area contributed by atoms with E-state index in [1.54, 1.807) is 11.8 Å². The van der Waals surface area contributed by atoms with Crippen LogP contribution in [0.5, 0.6) is 0 Å². The maximum atomic E-state index is 11.7. The van der Waals surface area contributed by atoms with Crippen molar-refractivity contribution in [3.05, 3.63) is 0 Å². The van der Waals surface area contributed by atoms with Gasteiger partial charge in [-0.3, -0.25) is 4.79 Å². The molecule has 0 radical (unpaired) electrons. The van der Waals surface area contributed by atoms with E-state index in [1.807, 2.05) is 6.26 Å². The number of rotatable bonds is 20. The summed E-state index contributed by atoms with van der Waals surface area (Å²) in [5.74, 6) is -0.219. The molecule has 0 saturated carbocycles. The van der Waals surface area contributed by atoms with Crippen LogP contribution in [0.3, 0.4) is 0 Å². The van der Waals surface area contributed by atoms with Crippen LogP contribution in [-0.2, 0) is 14.3 Å². The summed E-state index contributed by atoms with van der Waals surface area (Å²) in [5, 5.41) is 0. The fourth-order valence-electron chi connectivity index (χ4n) is 3.24. The van der Waals surface area contributed by atoms with Crippen molar-refractivity contribution in [2.75, 3.05) is 12.0 Å². The first-order valence-electron chi connectivity index (χ1n) is 11.6. The monoisotopic (exact) mass is 439 g/mol. The van der Waals surface area contributed by atoms with Gasteiger partial charge in [-0.25, -0.2) is 4.79 Å². The van der Waals surface area contributed by atoms with E-state index in [0.717, 1.165) is 25.0 Å². The zero-order chi connectivity index (χ0) is 20.9. The minimum atomic E-state index is -0.683. The summed E-state index contributed by atoms with van der Waals surface area (Å²) in [4.78, 5) is 23.3. The molecule has 0 bridgehead atoms. The predicted molar refractivity (Wildman–Crippen MR) is 129 cm³/mol. The molecular weight excluding hydrogens is 393 g/mol. The summed E-state index contributed by atoms with van der Waals surface area (Å²) in [7, 11) is 0. The van der Waals surface area contributed by atoms with Gasteiger partial charge in [0.1, 0.15) is 6.04 Å². The van der Waals surface area contributed by atoms with Gasteiger partial charge in [0.2, 0.25) is 0 Å². The molecule has 0 aromatic heterocycles. The summed E-state index contributed by atoms with van der Waals surface area (Å²) in [6.07, 6.45) is 22.2. The van der Waals surface area contributed by atoms with Crippen LogP contribution in [0.25, 0.3) is 0 Å². The van der Waals surface area contributed by atoms with Crippen LogP contribution in [0.15, 0.2) is 0 Å². The van der Waals surface area contributed by atoms with Crippen molar-refractivity contribution in [3.8, 4) is 0 Å². The summed E-state index contributed by atoms with van der Waals surface area (Å²) in [6, 6.07) is -0.683. The Morgan fingerprint density at radius 1 is 0.793 bits per heavy atom. The van der Waals surface area contributed by atoms with E-state index in [2.05, 4.69) is 6.92 Å². The van der Waals surface area contributed by atoms with Crippen LogP contribution >= 0.6 is 11.8 Å². The number of hydrogen-bond acceptors (Lipinski definition) is 5. The molecule has 0 heterocycles. The number of hydrogen-bond donors (Lipinski definition) is 1. The summed E-state index contributed by atoms with van der Waals surface area (Å²) < 4.78 is 4.82. The molecule has 0 aromatic rings. The van der Waals surface area contributed by atoms with Crippen LogP contribution in [0, 0.1) is 0 Å². The van der Waals surface area contributed by atoms with Crippen LogP contribution < -0.4 is 5.73 Å². The summed E-state index contributed by atoms with van der Waals surface area (Å²) in [6.45, 7) is 2.27. The zero-order valence-corrected chi connectivity index (χ0v) is 19.3. The van der Waals surface area contributed by atoms with E-state index in [-0.39, 0.29) is 29.6 Å². The molecule has 1 unspecified atom stereocenters. The fourth-order valence-corrected chi connectivity index (χ4v) is 3.73. The Balaban J connectivity index is 0. The van der Waals surface area contributed by atoms with Crippen molar-refractivity contribution in [1.29, 1.82) is 0 Å². The molecule has 0 aromatic carbocycles. The number of carbonyl (C=O) groups is 2. The van der Waals surface area contributed by atoms with Crippen LogP contribution in [0.4, 0.5) is 0 Å². The maximum absolute atomic E-state index is 11.7. The van der Waals surface area contributed by atoms with Crippen LogP contribution in [-0.4, -0.2) is 59.5 Å². The number of unbranched alkanes of at least 4 members (excludes halogenated alkanes) is 14. The quantitative estimate of drug-likeness (QED) is 0.113. The molecule has 0 spiro atoms. The van der Waals surface area contributed by atoms with Gasteiger partial charge in [0, 0.05) is 6.42 Å². The van der Waals surface area contributed by atoms with Crippen molar-refractivity contribution in [3.63, 3.8) is 0 Å². The normalized spacial score (nSPS) is 11.7. The van der Waals surface area contributed by atoms with Crippen molar-refractivity contribution >= 4 is 53.3 Å². The van der Waals surface area contributed by atoms with Gasteiger partial charge < -0.3 is 10.5 Å². The molecule has 0 aliphatic heterocycles. The zero-order valence-electron chi connectivity index (χ0n) is 18.5. The van der Waals surface area contributed by atoms with Crippen molar-refractivity contribution in [2.24, 2.45) is 5.73 Å². The molecule has 0 saturated heterocycles. The van der Waals surface area contributed by atoms with Gasteiger partial charge in [-0.15, -0.1) is 0 Å². The summed E-state index contributed by atoms with van der Waals surface area (Å²) in [5.41, 5.74) is 5.70. The SMILES string of the molecule is CCCCCCCCCCCCCCCCCC(=O)OC(=O)C(N)CCSC.[NaH]. The third-order valence-corrected chi connectivity index (χ3v) is 5.78. The Morgan fingerprint density at radius 2 is 1.21 bits per heavy atom. The molecule has 4 nitrogen and oxygen atoms in total. The van der Waals surface area contributed by atoms with E-state index in [1.165, 1.54) is 77.0 Å². The van der Waals surface area contributed by atoms with E-state index in [9.17, 15) is 9.59 Å². The third-order valence-electron chi connectivity index (χ3n) is 5.13. The minimum absolute atomic E-state index is 0. The van der Waals surface area contributed by atoms with Gasteiger partial charge >= 0.3 is 41.5 Å². The van der Waals surface area contributed by atoms with Gasteiger partial charge in [-0.2, -0.15) is 11.8 Å². The number of nitrogens with two attached hydrogens (primary N) is 1. The Hall–Kier alpha value is 0.450. The Morgan fingerprint density at radius 3 is 1.62 bits per heavy atom.